The van der Waals surface area contributed by atoms with E-state index in [4.69, 9.17) is 4.74 Å². The molecule has 0 radical (unpaired) electrons. The number of rotatable bonds is 4. The molecule has 2 amide bonds. The molecule has 0 bridgehead atoms. The van der Waals surface area contributed by atoms with Gasteiger partial charge in [-0.2, -0.15) is 6.42 Å². The van der Waals surface area contributed by atoms with E-state index in [9.17, 15) is 14.4 Å². The Morgan fingerprint density at radius 3 is 2.33 bits per heavy atom. The molecule has 1 unspecified atom stereocenters. The number of ketones is 1. The molecule has 24 heavy (non-hydrogen) atoms. The van der Waals surface area contributed by atoms with Gasteiger partial charge in [-0.05, 0) is 20.8 Å². The summed E-state index contributed by atoms with van der Waals surface area (Å²) < 4.78 is 5.18. The van der Waals surface area contributed by atoms with E-state index in [-0.39, 0.29) is 64.0 Å². The first-order valence-corrected chi connectivity index (χ1v) is 8.00. The Morgan fingerprint density at radius 2 is 1.96 bits per heavy atom. The largest absolute Gasteiger partial charge is 3.00 e. The summed E-state index contributed by atoms with van der Waals surface area (Å²) in [5.74, 6) is -0.878. The molecule has 0 aliphatic carbocycles. The van der Waals surface area contributed by atoms with Crippen molar-refractivity contribution in [2.45, 2.75) is 52.6 Å². The number of nitrogens with one attached hydrogen (secondary N) is 1. The number of Topliss-reactive ketones (excluding diaryl/α,β-unsaturated/α-hetero) is 1. The van der Waals surface area contributed by atoms with Gasteiger partial charge in [-0.25, -0.2) is 4.79 Å². The number of unbranched alkanes of at least 4 members (excludes halogenated alkanes) is 2. The van der Waals surface area contributed by atoms with E-state index in [0.29, 0.717) is 0 Å². The predicted octanol–water partition coefficient (Wildman–Crippen LogP) is 2.38. The van der Waals surface area contributed by atoms with Gasteiger partial charge in [-0.1, -0.05) is 19.8 Å². The Balaban J connectivity index is 0. The van der Waals surface area contributed by atoms with Crippen molar-refractivity contribution in [2.24, 2.45) is 5.92 Å². The number of nitrogens with zero attached hydrogens (tertiary/aromatic N) is 1. The van der Waals surface area contributed by atoms with Crippen molar-refractivity contribution in [3.8, 4) is 0 Å². The Hall–Kier alpha value is -0.616. The molecule has 1 saturated heterocycles. The zero-order valence-electron chi connectivity index (χ0n) is 15.4. The SMILES string of the molecule is [CH2-]C(=O)NCC1CN(C(=O)OC(C)(C)C)CC1=O.[CH2-]CCCC.[Y+3]. The smallest absolute Gasteiger partial charge is 0.444 e. The van der Waals surface area contributed by atoms with Gasteiger partial charge in [-0.15, -0.1) is 0 Å². The maximum Gasteiger partial charge on any atom is 3.00 e. The van der Waals surface area contributed by atoms with E-state index in [2.05, 4.69) is 26.1 Å². The van der Waals surface area contributed by atoms with E-state index < -0.39 is 17.6 Å². The maximum atomic E-state index is 11.7. The van der Waals surface area contributed by atoms with E-state index in [1.165, 1.54) is 17.7 Å². The van der Waals surface area contributed by atoms with Crippen LogP contribution in [0.4, 0.5) is 4.79 Å². The first-order valence-electron chi connectivity index (χ1n) is 8.00. The maximum absolute atomic E-state index is 11.7. The number of carbonyl (C=O) groups is 3. The van der Waals surface area contributed by atoms with E-state index >= 15 is 0 Å². The molecule has 1 fully saturated rings. The molecule has 0 aromatic heterocycles. The van der Waals surface area contributed by atoms with Crippen LogP contribution in [0.15, 0.2) is 0 Å². The summed E-state index contributed by atoms with van der Waals surface area (Å²) in [7, 11) is 0. The van der Waals surface area contributed by atoms with E-state index in [1.807, 2.05) is 0 Å². The van der Waals surface area contributed by atoms with Gasteiger partial charge in [-0.3, -0.25) is 4.79 Å². The monoisotopic (exact) mass is 415 g/mol. The van der Waals surface area contributed by atoms with E-state index in [1.54, 1.807) is 20.8 Å². The summed E-state index contributed by atoms with van der Waals surface area (Å²) in [6.07, 6.45) is 3.15. The van der Waals surface area contributed by atoms with Crippen molar-refractivity contribution in [1.29, 1.82) is 0 Å². The van der Waals surface area contributed by atoms with Crippen LogP contribution in [-0.4, -0.2) is 47.9 Å². The third kappa shape index (κ3) is 11.8. The van der Waals surface area contributed by atoms with Crippen molar-refractivity contribution in [3.05, 3.63) is 13.8 Å². The number of hydrogen-bond donors (Lipinski definition) is 1. The number of likely N-dealkylation sites (tertiary alicyclic amines) is 1. The van der Waals surface area contributed by atoms with Gasteiger partial charge in [0, 0.05) is 13.1 Å². The van der Waals surface area contributed by atoms with Crippen LogP contribution in [0.25, 0.3) is 0 Å². The van der Waals surface area contributed by atoms with Crippen molar-refractivity contribution < 1.29 is 51.8 Å². The summed E-state index contributed by atoms with van der Waals surface area (Å²) >= 11 is 0. The number of amides is 2. The Kier molecular flexibility index (Phi) is 13.6. The molecular formula is C17H30N2O4Y+. The summed E-state index contributed by atoms with van der Waals surface area (Å²) in [5.41, 5.74) is -0.584. The van der Waals surface area contributed by atoms with Gasteiger partial charge < -0.3 is 33.6 Å². The molecule has 6 nitrogen and oxygen atoms in total. The minimum atomic E-state index is -0.584. The van der Waals surface area contributed by atoms with Crippen molar-refractivity contribution in [1.82, 2.24) is 10.2 Å². The molecular weight excluding hydrogens is 385 g/mol. The average molecular weight is 415 g/mol. The van der Waals surface area contributed by atoms with Crippen LogP contribution < -0.4 is 5.32 Å². The normalized spacial score (nSPS) is 16.6. The fraction of sp³-hybridized carbons (Fsp3) is 0.706. The van der Waals surface area contributed by atoms with Gasteiger partial charge >= 0.3 is 38.8 Å². The van der Waals surface area contributed by atoms with Gasteiger partial charge in [0.25, 0.3) is 0 Å². The fourth-order valence-corrected chi connectivity index (χ4v) is 1.88. The molecule has 1 heterocycles. The average Bonchev–Trinajstić information content (AvgIpc) is 2.78. The molecule has 7 heteroatoms. The Morgan fingerprint density at radius 1 is 1.38 bits per heavy atom. The van der Waals surface area contributed by atoms with Gasteiger partial charge in [0.15, 0.2) is 5.78 Å². The first kappa shape index (κ1) is 25.6. The molecule has 1 atom stereocenters. The van der Waals surface area contributed by atoms with Crippen LogP contribution in [0.1, 0.15) is 47.0 Å². The minimum absolute atomic E-state index is 0. The van der Waals surface area contributed by atoms with Crippen LogP contribution in [0.3, 0.4) is 0 Å². The summed E-state index contributed by atoms with van der Waals surface area (Å²) in [4.78, 5) is 35.4. The van der Waals surface area contributed by atoms with E-state index in [0.717, 1.165) is 6.42 Å². The summed E-state index contributed by atoms with van der Waals surface area (Å²) in [6.45, 7) is 14.8. The van der Waals surface area contributed by atoms with Crippen LogP contribution in [0.5, 0.6) is 0 Å². The van der Waals surface area contributed by atoms with Crippen molar-refractivity contribution >= 4 is 17.8 Å². The van der Waals surface area contributed by atoms with Crippen LogP contribution >= 0.6 is 0 Å². The van der Waals surface area contributed by atoms with Crippen LogP contribution in [0, 0.1) is 19.8 Å². The number of hydrogen-bond acceptors (Lipinski definition) is 4. The molecule has 0 spiro atoms. The third-order valence-corrected chi connectivity index (χ3v) is 3.04. The third-order valence-electron chi connectivity index (χ3n) is 3.04. The van der Waals surface area contributed by atoms with Crippen LogP contribution in [0.2, 0.25) is 0 Å². The van der Waals surface area contributed by atoms with Crippen molar-refractivity contribution in [3.63, 3.8) is 0 Å². The second-order valence-corrected chi connectivity index (χ2v) is 6.54. The zero-order chi connectivity index (χ0) is 18.0. The minimum Gasteiger partial charge on any atom is -0.444 e. The van der Waals surface area contributed by atoms with Gasteiger partial charge in [0.1, 0.15) is 5.60 Å². The second-order valence-electron chi connectivity index (χ2n) is 6.54. The molecule has 134 valence electrons. The molecule has 1 N–H and O–H groups in total. The quantitative estimate of drug-likeness (QED) is 0.716. The second kappa shape index (κ2) is 12.7. The fourth-order valence-electron chi connectivity index (χ4n) is 1.88. The number of ether oxygens (including phenoxy) is 1. The van der Waals surface area contributed by atoms with Gasteiger partial charge in [0.05, 0.1) is 18.4 Å². The Bertz CT molecular complexity index is 406. The zero-order valence-corrected chi connectivity index (χ0v) is 18.2. The van der Waals surface area contributed by atoms with Gasteiger partial charge in [0.2, 0.25) is 0 Å². The molecule has 1 aliphatic heterocycles. The molecule has 0 saturated carbocycles. The summed E-state index contributed by atoms with van der Waals surface area (Å²) in [6, 6.07) is 0. The van der Waals surface area contributed by atoms with Crippen LogP contribution in [-0.2, 0) is 47.0 Å². The first-order chi connectivity index (χ1) is 10.6. The molecule has 0 aromatic rings. The topological polar surface area (TPSA) is 75.7 Å². The molecule has 0 aromatic carbocycles. The molecule has 1 rings (SSSR count). The Labute approximate surface area is 171 Å². The van der Waals surface area contributed by atoms with Crippen molar-refractivity contribution in [2.75, 3.05) is 19.6 Å². The predicted molar refractivity (Wildman–Crippen MR) is 89.6 cm³/mol. The number of carbonyl (C=O) groups excluding carboxylic acids is 3. The summed E-state index contributed by atoms with van der Waals surface area (Å²) in [5, 5.41) is 2.48. The standard InChI is InChI=1S/C12H19N2O4.C5H11.Y/c1-8(15)13-5-9-6-14(7-10(9)16)11(17)18-12(2,3)4;1-3-5-4-2;/h9H,1,5-7H2,2-4H3,(H,13,15);1,3-5H2,2H3;/q2*-1;+3. The molecule has 1 aliphatic rings.